The number of nitrogens with two attached hydrogens (primary N) is 1. The molecule has 0 saturated carbocycles. The maximum atomic E-state index is 10.5. The second-order valence-electron chi connectivity index (χ2n) is 6.90. The van der Waals surface area contributed by atoms with Gasteiger partial charge in [-0.2, -0.15) is 13.5 Å². The van der Waals surface area contributed by atoms with Gasteiger partial charge in [0.2, 0.25) is 0 Å². The van der Waals surface area contributed by atoms with Gasteiger partial charge in [0.05, 0.1) is 22.5 Å². The van der Waals surface area contributed by atoms with E-state index in [1.165, 1.54) is 13.0 Å². The predicted octanol–water partition coefficient (Wildman–Crippen LogP) is 3.98. The number of fused-ring (bicyclic) bond motifs is 1. The van der Waals surface area contributed by atoms with E-state index in [-0.39, 0.29) is 21.9 Å². The Morgan fingerprint density at radius 1 is 0.972 bits per heavy atom. The topological polar surface area (TPSA) is 249 Å². The number of nitrogens with zero attached hydrogens (tertiary/aromatic N) is 2. The molecule has 0 fully saturated rings. The van der Waals surface area contributed by atoms with Crippen LogP contribution in [0.1, 0.15) is 5.56 Å². The average molecular weight is 565 g/mol. The van der Waals surface area contributed by atoms with Crippen molar-refractivity contribution in [3.8, 4) is 5.75 Å². The van der Waals surface area contributed by atoms with Crippen LogP contribution in [-0.2, 0) is 20.7 Å². The Hall–Kier alpha value is -3.32. The summed E-state index contributed by atoms with van der Waals surface area (Å²) in [5.74, 6) is -0.247. The quantitative estimate of drug-likeness (QED) is 0.135. The number of hydrogen-bond acceptors (Lipinski definition) is 13. The summed E-state index contributed by atoms with van der Waals surface area (Å²) in [7, 11) is -8.95. The minimum absolute atomic E-state index is 0.132. The highest BCUT2D eigenvalue weighted by atomic mass is 32.3. The van der Waals surface area contributed by atoms with E-state index in [9.17, 15) is 27.2 Å². The molecule has 0 atom stereocenters. The number of rotatable bonds is 4. The first kappa shape index (κ1) is 30.7. The Labute approximate surface area is 209 Å². The Kier molecular flexibility index (Phi) is 10.7. The van der Waals surface area contributed by atoms with Gasteiger partial charge in [0.15, 0.2) is 0 Å². The van der Waals surface area contributed by atoms with Gasteiger partial charge in [-0.3, -0.25) is 4.55 Å². The second kappa shape index (κ2) is 12.6. The number of phenolic OH excluding ortho intramolecular Hbond substituents is 1. The molecule has 0 aromatic heterocycles. The van der Waals surface area contributed by atoms with E-state index < -0.39 is 31.6 Å². The molecular formula is C19H24N4O10S3. The Balaban J connectivity index is 0.000000620. The summed E-state index contributed by atoms with van der Waals surface area (Å²) in [5.41, 5.74) is 8.37. The Morgan fingerprint density at radius 3 is 2.03 bits per heavy atom. The van der Waals surface area contributed by atoms with Crippen molar-refractivity contribution in [2.24, 2.45) is 10.2 Å². The smallest absolute Gasteiger partial charge is 0.425 e. The molecule has 3 aromatic carbocycles. The van der Waals surface area contributed by atoms with E-state index in [2.05, 4.69) is 15.5 Å². The lowest BCUT2D eigenvalue weighted by Crippen LogP contribution is -2.00. The van der Waals surface area contributed by atoms with Crippen molar-refractivity contribution in [1.82, 2.24) is 0 Å². The van der Waals surface area contributed by atoms with Crippen LogP contribution in [0.15, 0.2) is 57.6 Å². The van der Waals surface area contributed by atoms with E-state index in [0.29, 0.717) is 28.4 Å². The van der Waals surface area contributed by atoms with Gasteiger partial charge in [-0.25, -0.2) is 0 Å². The van der Waals surface area contributed by atoms with Crippen molar-refractivity contribution in [3.63, 3.8) is 0 Å². The zero-order valence-electron chi connectivity index (χ0n) is 19.0. The number of azo groups is 1. The number of anilines is 2. The lowest BCUT2D eigenvalue weighted by Gasteiger charge is -2.23. The fourth-order valence-corrected chi connectivity index (χ4v) is 3.56. The third kappa shape index (κ3) is 9.74. The number of phenols is 1. The summed E-state index contributed by atoms with van der Waals surface area (Å²) >= 11 is 0. The van der Waals surface area contributed by atoms with Crippen LogP contribution in [0.5, 0.6) is 5.75 Å². The molecule has 3 rings (SSSR count). The van der Waals surface area contributed by atoms with Crippen LogP contribution in [-0.4, -0.2) is 57.7 Å². The lowest BCUT2D eigenvalue weighted by molar-refractivity contribution is 0.374. The molecule has 0 spiro atoms. The highest BCUT2D eigenvalue weighted by Crippen LogP contribution is 2.51. The van der Waals surface area contributed by atoms with Crippen LogP contribution < -0.4 is 11.1 Å². The zero-order valence-corrected chi connectivity index (χ0v) is 21.5. The van der Waals surface area contributed by atoms with Gasteiger partial charge in [0.1, 0.15) is 22.3 Å². The van der Waals surface area contributed by atoms with Crippen molar-refractivity contribution >= 4 is 65.1 Å². The molecule has 198 valence electrons. The van der Waals surface area contributed by atoms with E-state index in [1.807, 2.05) is 18.2 Å². The van der Waals surface area contributed by atoms with Crippen LogP contribution in [0.2, 0.25) is 0 Å². The molecule has 0 aliphatic heterocycles. The molecule has 0 amide bonds. The van der Waals surface area contributed by atoms with Gasteiger partial charge < -0.3 is 29.8 Å². The lowest BCUT2D eigenvalue weighted by atomic mass is 10.0. The van der Waals surface area contributed by atoms with Crippen molar-refractivity contribution in [1.29, 1.82) is 0 Å². The van der Waals surface area contributed by atoms with Crippen molar-refractivity contribution in [2.75, 3.05) is 24.4 Å². The average Bonchev–Trinajstić information content (AvgIpc) is 2.73. The zero-order chi connectivity index (χ0) is 27.8. The molecule has 14 nitrogen and oxygen atoms in total. The Bertz CT molecular complexity index is 1470. The summed E-state index contributed by atoms with van der Waals surface area (Å²) in [4.78, 5) is -0.148. The largest absolute Gasteiger partial charge is 0.507 e. The number of hydrogen-bond donors (Lipinski definition) is 7. The van der Waals surface area contributed by atoms with Gasteiger partial charge in [0.25, 0.3) is 10.1 Å². The molecule has 0 aliphatic carbocycles. The van der Waals surface area contributed by atoms with Crippen molar-refractivity contribution in [3.05, 3.63) is 48.0 Å². The van der Waals surface area contributed by atoms with Crippen LogP contribution in [0.4, 0.5) is 22.7 Å². The predicted molar refractivity (Wildman–Crippen MR) is 136 cm³/mol. The molecule has 17 heteroatoms. The number of aromatic hydroxyl groups is 1. The maximum absolute atomic E-state index is 10.5. The van der Waals surface area contributed by atoms with Gasteiger partial charge in [-0.1, -0.05) is 12.1 Å². The van der Waals surface area contributed by atoms with Crippen LogP contribution in [0, 0.1) is 6.92 Å². The van der Waals surface area contributed by atoms with E-state index >= 15 is 0 Å². The first-order valence-corrected chi connectivity index (χ1v) is 13.7. The summed E-state index contributed by atoms with van der Waals surface area (Å²) in [5, 5.41) is 22.6. The molecule has 0 aliphatic rings. The van der Waals surface area contributed by atoms with Crippen LogP contribution in [0.25, 0.3) is 10.8 Å². The normalized spacial score (nSPS) is 11.8. The van der Waals surface area contributed by atoms with Crippen molar-refractivity contribution in [2.45, 2.75) is 11.8 Å². The van der Waals surface area contributed by atoms with E-state index in [0.717, 1.165) is 5.69 Å². The third-order valence-corrected chi connectivity index (χ3v) is 5.22. The highest BCUT2D eigenvalue weighted by Gasteiger charge is 2.23. The number of nitrogens with one attached hydrogen (secondary N) is 1. The minimum atomic E-state index is -3.97. The first-order valence-electron chi connectivity index (χ1n) is 9.39. The third-order valence-electron chi connectivity index (χ3n) is 4.21. The standard InChI is InChI=1S/C18H20N4O4S.CH4O3S.O3S/c1-10-15(27(24,25)26)8-11-6-7-14(17(19)16(11)18(10)23)22-21-13-5-3-4-12(9-13)20-2;1-5(2,3)4;1-4(2)3/h3-9,20,23-26H,19H2,1-2H3;1H3,(H,2,3,4);. The van der Waals surface area contributed by atoms with E-state index in [1.54, 1.807) is 25.2 Å². The molecule has 3 aromatic rings. The fraction of sp³-hybridized carbons (Fsp3) is 0.158. The molecule has 0 radical (unpaired) electrons. The molecule has 36 heavy (non-hydrogen) atoms. The fourth-order valence-electron chi connectivity index (χ4n) is 2.77. The molecule has 0 unspecified atom stereocenters. The Morgan fingerprint density at radius 2 is 1.53 bits per heavy atom. The van der Waals surface area contributed by atoms with Gasteiger partial charge in [-0.15, -0.1) is 17.7 Å². The number of nitrogen functional groups attached to an aromatic ring is 1. The summed E-state index contributed by atoms with van der Waals surface area (Å²) < 4.78 is 79.8. The molecule has 0 saturated heterocycles. The minimum Gasteiger partial charge on any atom is -0.507 e. The highest BCUT2D eigenvalue weighted by molar-refractivity contribution is 8.19. The molecule has 0 heterocycles. The van der Waals surface area contributed by atoms with Crippen molar-refractivity contribution < 1.29 is 44.4 Å². The van der Waals surface area contributed by atoms with Crippen LogP contribution in [0.3, 0.4) is 0 Å². The number of benzene rings is 3. The van der Waals surface area contributed by atoms with Gasteiger partial charge in [0, 0.05) is 23.7 Å². The summed E-state index contributed by atoms with van der Waals surface area (Å²) in [6, 6.07) is 11.9. The first-order chi connectivity index (χ1) is 16.5. The second-order valence-corrected chi connectivity index (χ2v) is 10.3. The maximum Gasteiger partial charge on any atom is 0.425 e. The van der Waals surface area contributed by atoms with Gasteiger partial charge >= 0.3 is 10.6 Å². The SMILES string of the molecule is CNc1cccc(N=Nc2ccc3cc(S(O)(O)O)c(C)c(O)c3c2N)c1.CS(=O)(=O)O.O=S(=O)=O. The molecular weight excluding hydrogens is 540 g/mol. The van der Waals surface area contributed by atoms with Crippen LogP contribution >= 0.6 is 10.9 Å². The van der Waals surface area contributed by atoms with Gasteiger partial charge in [-0.05, 0) is 42.6 Å². The van der Waals surface area contributed by atoms with E-state index in [4.69, 9.17) is 22.9 Å². The molecule has 8 N–H and O–H groups in total. The molecule has 0 bridgehead atoms. The summed E-state index contributed by atoms with van der Waals surface area (Å²) in [6.07, 6.45) is 0.715. The monoisotopic (exact) mass is 564 g/mol. The summed E-state index contributed by atoms with van der Waals surface area (Å²) in [6.45, 7) is 1.46.